The summed E-state index contributed by atoms with van der Waals surface area (Å²) in [5.41, 5.74) is 5.56. The Bertz CT molecular complexity index is 238. The van der Waals surface area contributed by atoms with Crippen LogP contribution < -0.4 is 5.73 Å². The standard InChI is InChI=1S/C13H26N2O2/c1-3-17-10-9-15(2)12(16)13(11-14)7-5-4-6-8-13/h3-11,14H2,1-2H3. The van der Waals surface area contributed by atoms with E-state index in [1.54, 1.807) is 4.90 Å². The predicted molar refractivity (Wildman–Crippen MR) is 68.7 cm³/mol. The summed E-state index contributed by atoms with van der Waals surface area (Å²) in [6.07, 6.45) is 5.38. The molecule has 0 aliphatic heterocycles. The molecule has 1 aliphatic rings. The average Bonchev–Trinajstić information content (AvgIpc) is 2.38. The first-order chi connectivity index (χ1) is 8.16. The molecule has 0 aromatic heterocycles. The molecule has 17 heavy (non-hydrogen) atoms. The SMILES string of the molecule is CCOCCN(C)C(=O)C1(CN)CCCCC1. The van der Waals surface area contributed by atoms with E-state index < -0.39 is 0 Å². The van der Waals surface area contributed by atoms with Crippen LogP contribution in [0.5, 0.6) is 0 Å². The van der Waals surface area contributed by atoms with E-state index in [9.17, 15) is 4.79 Å². The summed E-state index contributed by atoms with van der Waals surface area (Å²) < 4.78 is 5.28. The average molecular weight is 242 g/mol. The summed E-state index contributed by atoms with van der Waals surface area (Å²) in [5.74, 6) is 0.208. The van der Waals surface area contributed by atoms with Crippen molar-refractivity contribution in [3.63, 3.8) is 0 Å². The molecule has 0 spiro atoms. The molecule has 0 atom stereocenters. The van der Waals surface area contributed by atoms with Crippen LogP contribution in [0.1, 0.15) is 39.0 Å². The fraction of sp³-hybridized carbons (Fsp3) is 0.923. The molecule has 4 heteroatoms. The normalized spacial score (nSPS) is 19.0. The number of rotatable bonds is 6. The molecule has 1 aliphatic carbocycles. The molecule has 1 saturated carbocycles. The van der Waals surface area contributed by atoms with Gasteiger partial charge >= 0.3 is 0 Å². The van der Waals surface area contributed by atoms with Crippen molar-refractivity contribution in [3.8, 4) is 0 Å². The lowest BCUT2D eigenvalue weighted by Crippen LogP contribution is -2.48. The van der Waals surface area contributed by atoms with Gasteiger partial charge in [0, 0.05) is 26.7 Å². The van der Waals surface area contributed by atoms with E-state index in [4.69, 9.17) is 10.5 Å². The van der Waals surface area contributed by atoms with E-state index in [-0.39, 0.29) is 11.3 Å². The number of ether oxygens (including phenoxy) is 1. The van der Waals surface area contributed by atoms with Gasteiger partial charge in [-0.2, -0.15) is 0 Å². The zero-order valence-corrected chi connectivity index (χ0v) is 11.2. The third kappa shape index (κ3) is 3.68. The largest absolute Gasteiger partial charge is 0.380 e. The third-order valence-electron chi connectivity index (χ3n) is 3.78. The number of amides is 1. The van der Waals surface area contributed by atoms with Gasteiger partial charge in [0.25, 0.3) is 0 Å². The Morgan fingerprint density at radius 1 is 1.35 bits per heavy atom. The van der Waals surface area contributed by atoms with Crippen molar-refractivity contribution in [2.45, 2.75) is 39.0 Å². The van der Waals surface area contributed by atoms with Crippen LogP contribution in [0.4, 0.5) is 0 Å². The monoisotopic (exact) mass is 242 g/mol. The van der Waals surface area contributed by atoms with Crippen molar-refractivity contribution in [3.05, 3.63) is 0 Å². The number of nitrogens with zero attached hydrogens (tertiary/aromatic N) is 1. The first-order valence-electron chi connectivity index (χ1n) is 6.69. The zero-order valence-electron chi connectivity index (χ0n) is 11.2. The van der Waals surface area contributed by atoms with Crippen molar-refractivity contribution < 1.29 is 9.53 Å². The Balaban J connectivity index is 2.52. The van der Waals surface area contributed by atoms with E-state index in [0.29, 0.717) is 26.3 Å². The second-order valence-electron chi connectivity index (χ2n) is 4.97. The number of carbonyl (C=O) groups is 1. The summed E-state index contributed by atoms with van der Waals surface area (Å²) in [5, 5.41) is 0. The molecule has 0 radical (unpaired) electrons. The Morgan fingerprint density at radius 3 is 2.53 bits per heavy atom. The summed E-state index contributed by atoms with van der Waals surface area (Å²) >= 11 is 0. The fourth-order valence-electron chi connectivity index (χ4n) is 2.59. The highest BCUT2D eigenvalue weighted by atomic mass is 16.5. The van der Waals surface area contributed by atoms with Crippen LogP contribution in [0.25, 0.3) is 0 Å². The minimum absolute atomic E-state index is 0.208. The molecule has 2 N–H and O–H groups in total. The van der Waals surface area contributed by atoms with E-state index >= 15 is 0 Å². The van der Waals surface area contributed by atoms with Crippen LogP contribution >= 0.6 is 0 Å². The van der Waals surface area contributed by atoms with Gasteiger partial charge in [0.1, 0.15) is 0 Å². The highest BCUT2D eigenvalue weighted by molar-refractivity contribution is 5.82. The number of hydrogen-bond donors (Lipinski definition) is 1. The fourth-order valence-corrected chi connectivity index (χ4v) is 2.59. The molecule has 1 amide bonds. The van der Waals surface area contributed by atoms with Gasteiger partial charge in [-0.05, 0) is 19.8 Å². The summed E-state index contributed by atoms with van der Waals surface area (Å²) in [6, 6.07) is 0. The minimum Gasteiger partial charge on any atom is -0.380 e. The van der Waals surface area contributed by atoms with E-state index in [2.05, 4.69) is 0 Å². The topological polar surface area (TPSA) is 55.6 Å². The molecule has 0 aromatic rings. The third-order valence-corrected chi connectivity index (χ3v) is 3.78. The molecule has 0 aromatic carbocycles. The lowest BCUT2D eigenvalue weighted by Gasteiger charge is -2.37. The van der Waals surface area contributed by atoms with Crippen molar-refractivity contribution >= 4 is 5.91 Å². The molecule has 0 unspecified atom stereocenters. The van der Waals surface area contributed by atoms with Crippen LogP contribution in [-0.4, -0.2) is 44.2 Å². The highest BCUT2D eigenvalue weighted by Crippen LogP contribution is 2.36. The molecule has 4 nitrogen and oxygen atoms in total. The molecular formula is C13H26N2O2. The van der Waals surface area contributed by atoms with E-state index in [1.807, 2.05) is 14.0 Å². The maximum absolute atomic E-state index is 12.4. The second-order valence-corrected chi connectivity index (χ2v) is 4.97. The molecule has 0 bridgehead atoms. The smallest absolute Gasteiger partial charge is 0.229 e. The van der Waals surface area contributed by atoms with Gasteiger partial charge in [0.2, 0.25) is 5.91 Å². The van der Waals surface area contributed by atoms with Crippen molar-refractivity contribution in [1.82, 2.24) is 4.90 Å². The van der Waals surface area contributed by atoms with Crippen LogP contribution in [0.2, 0.25) is 0 Å². The molecule has 0 heterocycles. The summed E-state index contributed by atoms with van der Waals surface area (Å²) in [7, 11) is 1.85. The number of hydrogen-bond acceptors (Lipinski definition) is 3. The Hall–Kier alpha value is -0.610. The van der Waals surface area contributed by atoms with Crippen molar-refractivity contribution in [2.24, 2.45) is 11.1 Å². The van der Waals surface area contributed by atoms with Crippen molar-refractivity contribution in [2.75, 3.05) is 33.4 Å². The van der Waals surface area contributed by atoms with Gasteiger partial charge in [0.15, 0.2) is 0 Å². The van der Waals surface area contributed by atoms with E-state index in [1.165, 1.54) is 6.42 Å². The van der Waals surface area contributed by atoms with Gasteiger partial charge in [-0.1, -0.05) is 19.3 Å². The minimum atomic E-state index is -0.292. The Labute approximate surface area is 104 Å². The molecule has 0 saturated heterocycles. The summed E-state index contributed by atoms with van der Waals surface area (Å²) in [4.78, 5) is 14.2. The first kappa shape index (κ1) is 14.5. The lowest BCUT2D eigenvalue weighted by molar-refractivity contribution is -0.142. The van der Waals surface area contributed by atoms with Crippen LogP contribution in [0.15, 0.2) is 0 Å². The van der Waals surface area contributed by atoms with Crippen molar-refractivity contribution in [1.29, 1.82) is 0 Å². The van der Waals surface area contributed by atoms with Gasteiger partial charge in [0.05, 0.1) is 12.0 Å². The van der Waals surface area contributed by atoms with E-state index in [0.717, 1.165) is 25.7 Å². The zero-order chi connectivity index (χ0) is 12.7. The quantitative estimate of drug-likeness (QED) is 0.716. The Morgan fingerprint density at radius 2 is 2.00 bits per heavy atom. The molecular weight excluding hydrogens is 216 g/mol. The van der Waals surface area contributed by atoms with Crippen LogP contribution in [0.3, 0.4) is 0 Å². The lowest BCUT2D eigenvalue weighted by atomic mass is 9.73. The maximum atomic E-state index is 12.4. The highest BCUT2D eigenvalue weighted by Gasteiger charge is 2.39. The van der Waals surface area contributed by atoms with Crippen LogP contribution in [-0.2, 0) is 9.53 Å². The van der Waals surface area contributed by atoms with Gasteiger partial charge in [-0.3, -0.25) is 4.79 Å². The van der Waals surface area contributed by atoms with Crippen LogP contribution in [0, 0.1) is 5.41 Å². The van der Waals surface area contributed by atoms with Gasteiger partial charge in [-0.15, -0.1) is 0 Å². The van der Waals surface area contributed by atoms with Gasteiger partial charge < -0.3 is 15.4 Å². The predicted octanol–water partition coefficient (Wildman–Crippen LogP) is 1.39. The Kier molecular flexibility index (Phi) is 5.92. The summed E-state index contributed by atoms with van der Waals surface area (Å²) in [6.45, 7) is 4.41. The number of nitrogens with two attached hydrogens (primary N) is 1. The number of likely N-dealkylation sites (N-methyl/N-ethyl adjacent to an activating group) is 1. The first-order valence-corrected chi connectivity index (χ1v) is 6.69. The number of carbonyl (C=O) groups excluding carboxylic acids is 1. The molecule has 1 fully saturated rings. The maximum Gasteiger partial charge on any atom is 0.229 e. The second kappa shape index (κ2) is 6.97. The van der Waals surface area contributed by atoms with Gasteiger partial charge in [-0.25, -0.2) is 0 Å². The molecule has 1 rings (SSSR count). The molecule has 100 valence electrons.